The van der Waals surface area contributed by atoms with Gasteiger partial charge in [0.2, 0.25) is 0 Å². The first kappa shape index (κ1) is 15.5. The molecule has 2 rings (SSSR count). The van der Waals surface area contributed by atoms with E-state index in [1.54, 1.807) is 12.1 Å². The first-order chi connectivity index (χ1) is 10.0. The first-order valence-electron chi connectivity index (χ1n) is 6.37. The van der Waals surface area contributed by atoms with Crippen molar-refractivity contribution in [2.24, 2.45) is 0 Å². The number of hydrogen-bond donors (Lipinski definition) is 1. The highest BCUT2D eigenvalue weighted by Crippen LogP contribution is 2.25. The third kappa shape index (κ3) is 3.82. The molecule has 0 heterocycles. The summed E-state index contributed by atoms with van der Waals surface area (Å²) in [6.07, 6.45) is 0. The Morgan fingerprint density at radius 3 is 2.48 bits per heavy atom. The van der Waals surface area contributed by atoms with E-state index < -0.39 is 17.8 Å². The van der Waals surface area contributed by atoms with Crippen molar-refractivity contribution in [1.29, 1.82) is 0 Å². The number of nitrogens with one attached hydrogen (secondary N) is 1. The van der Waals surface area contributed by atoms with Crippen LogP contribution in [0.25, 0.3) is 0 Å². The van der Waals surface area contributed by atoms with Gasteiger partial charge in [0.05, 0.1) is 11.6 Å². The monoisotopic (exact) mass is 351 g/mol. The highest BCUT2D eigenvalue weighted by Gasteiger charge is 2.22. The predicted molar refractivity (Wildman–Crippen MR) is 83.7 cm³/mol. The summed E-state index contributed by atoms with van der Waals surface area (Å²) in [5, 5.41) is 3.06. The van der Waals surface area contributed by atoms with Crippen molar-refractivity contribution >= 4 is 27.6 Å². The molecule has 2 aromatic rings. The Kier molecular flexibility index (Phi) is 4.96. The lowest BCUT2D eigenvalue weighted by molar-refractivity contribution is -0.141. The summed E-state index contributed by atoms with van der Waals surface area (Å²) in [4.78, 5) is 12.0. The zero-order valence-electron chi connectivity index (χ0n) is 11.7. The molecule has 3 nitrogen and oxygen atoms in total. The average Bonchev–Trinajstić information content (AvgIpc) is 2.49. The second-order valence-corrected chi connectivity index (χ2v) is 5.49. The Labute approximate surface area is 131 Å². The lowest BCUT2D eigenvalue weighted by Gasteiger charge is -2.18. The molecule has 0 saturated heterocycles. The van der Waals surface area contributed by atoms with Gasteiger partial charge in [0.15, 0.2) is 6.04 Å². The fourth-order valence-corrected chi connectivity index (χ4v) is 2.15. The summed E-state index contributed by atoms with van der Waals surface area (Å²) in [7, 11) is 1.31. The molecule has 5 heteroatoms. The molecule has 110 valence electrons. The molecule has 0 aliphatic rings. The van der Waals surface area contributed by atoms with Crippen molar-refractivity contribution in [1.82, 2.24) is 0 Å². The van der Waals surface area contributed by atoms with Crippen LogP contribution in [0.5, 0.6) is 0 Å². The van der Waals surface area contributed by atoms with Gasteiger partial charge in [0.25, 0.3) is 0 Å². The molecule has 1 atom stereocenters. The van der Waals surface area contributed by atoms with Crippen molar-refractivity contribution in [2.45, 2.75) is 13.0 Å². The van der Waals surface area contributed by atoms with Crippen molar-refractivity contribution in [3.8, 4) is 0 Å². The highest BCUT2D eigenvalue weighted by atomic mass is 79.9. The predicted octanol–water partition coefficient (Wildman–Crippen LogP) is 4.22. The largest absolute Gasteiger partial charge is 0.467 e. The fourth-order valence-electron chi connectivity index (χ4n) is 1.90. The number of benzene rings is 2. The Balaban J connectivity index is 2.31. The molecule has 1 unspecified atom stereocenters. The molecule has 0 spiro atoms. The summed E-state index contributed by atoms with van der Waals surface area (Å²) in [5.41, 5.74) is 2.38. The minimum atomic E-state index is -0.764. The Hall–Kier alpha value is -1.88. The van der Waals surface area contributed by atoms with Gasteiger partial charge in [-0.25, -0.2) is 9.18 Å². The molecule has 0 aliphatic carbocycles. The molecule has 0 saturated carbocycles. The molecule has 21 heavy (non-hydrogen) atoms. The van der Waals surface area contributed by atoms with E-state index in [1.807, 2.05) is 31.2 Å². The van der Waals surface area contributed by atoms with Gasteiger partial charge in [-0.3, -0.25) is 0 Å². The number of carbonyl (C=O) groups excluding carboxylic acids is 1. The quantitative estimate of drug-likeness (QED) is 0.838. The van der Waals surface area contributed by atoms with Gasteiger partial charge in [-0.05, 0) is 52.7 Å². The van der Waals surface area contributed by atoms with Crippen molar-refractivity contribution in [2.75, 3.05) is 12.4 Å². The number of esters is 1. The van der Waals surface area contributed by atoms with E-state index in [1.165, 1.54) is 13.2 Å². The average molecular weight is 352 g/mol. The van der Waals surface area contributed by atoms with Crippen molar-refractivity contribution < 1.29 is 13.9 Å². The third-order valence-corrected chi connectivity index (χ3v) is 3.72. The molecule has 0 radical (unpaired) electrons. The maximum atomic E-state index is 13.7. The van der Waals surface area contributed by atoms with Gasteiger partial charge in [0.1, 0.15) is 5.82 Å². The number of carbonyl (C=O) groups is 1. The van der Waals surface area contributed by atoms with Gasteiger partial charge >= 0.3 is 5.97 Å². The van der Waals surface area contributed by atoms with E-state index in [4.69, 9.17) is 4.74 Å². The highest BCUT2D eigenvalue weighted by molar-refractivity contribution is 9.10. The van der Waals surface area contributed by atoms with E-state index in [0.29, 0.717) is 10.0 Å². The number of aryl methyl sites for hydroxylation is 1. The number of halogens is 2. The second-order valence-electron chi connectivity index (χ2n) is 4.64. The molecular weight excluding hydrogens is 337 g/mol. The van der Waals surface area contributed by atoms with Crippen molar-refractivity contribution in [3.05, 3.63) is 63.9 Å². The smallest absolute Gasteiger partial charge is 0.332 e. The Bertz CT molecular complexity index is 643. The van der Waals surface area contributed by atoms with Crippen molar-refractivity contribution in [3.63, 3.8) is 0 Å². The number of methoxy groups -OCH3 is 1. The van der Waals surface area contributed by atoms with Crippen LogP contribution in [0, 0.1) is 12.7 Å². The van der Waals surface area contributed by atoms with Crippen LogP contribution in [0.1, 0.15) is 17.2 Å². The first-order valence-corrected chi connectivity index (χ1v) is 7.16. The van der Waals surface area contributed by atoms with Gasteiger partial charge in [-0.2, -0.15) is 0 Å². The summed E-state index contributed by atoms with van der Waals surface area (Å²) in [5.74, 6) is -0.899. The van der Waals surface area contributed by atoms with E-state index >= 15 is 0 Å². The lowest BCUT2D eigenvalue weighted by Crippen LogP contribution is -2.22. The molecular formula is C16H15BrFNO2. The topological polar surface area (TPSA) is 38.3 Å². The standard InChI is InChI=1S/C16H15BrFNO2/c1-10-3-6-12(7-4-10)19-15(16(20)21-2)11-5-8-13(17)14(18)9-11/h3-9,15,19H,1-2H3. The zero-order valence-corrected chi connectivity index (χ0v) is 13.3. The molecule has 0 amide bonds. The van der Waals surface area contributed by atoms with Gasteiger partial charge < -0.3 is 10.1 Å². The van der Waals surface area contributed by atoms with E-state index in [9.17, 15) is 9.18 Å². The van der Waals surface area contributed by atoms with Crippen LogP contribution < -0.4 is 5.32 Å². The van der Waals surface area contributed by atoms with Crippen LogP contribution in [0.15, 0.2) is 46.9 Å². The molecule has 0 aliphatic heterocycles. The molecule has 0 fully saturated rings. The number of rotatable bonds is 4. The molecule has 2 aromatic carbocycles. The van der Waals surface area contributed by atoms with Crippen LogP contribution in [-0.4, -0.2) is 13.1 Å². The van der Waals surface area contributed by atoms with Crippen LogP contribution in [0.4, 0.5) is 10.1 Å². The molecule has 0 bridgehead atoms. The molecule has 1 N–H and O–H groups in total. The maximum Gasteiger partial charge on any atom is 0.332 e. The van der Waals surface area contributed by atoms with Gasteiger partial charge in [0, 0.05) is 5.69 Å². The number of anilines is 1. The second kappa shape index (κ2) is 6.72. The lowest BCUT2D eigenvalue weighted by atomic mass is 10.1. The Morgan fingerprint density at radius 1 is 1.24 bits per heavy atom. The van der Waals surface area contributed by atoms with E-state index in [-0.39, 0.29) is 0 Å². The SMILES string of the molecule is COC(=O)C(Nc1ccc(C)cc1)c1ccc(Br)c(F)c1. The maximum absolute atomic E-state index is 13.7. The van der Waals surface area contributed by atoms with Crippen LogP contribution in [-0.2, 0) is 9.53 Å². The summed E-state index contributed by atoms with van der Waals surface area (Å²) in [6.45, 7) is 1.98. The summed E-state index contributed by atoms with van der Waals surface area (Å²) >= 11 is 3.10. The molecule has 0 aromatic heterocycles. The fraction of sp³-hybridized carbons (Fsp3) is 0.188. The zero-order chi connectivity index (χ0) is 15.4. The normalized spacial score (nSPS) is 11.8. The van der Waals surface area contributed by atoms with Crippen LogP contribution in [0.2, 0.25) is 0 Å². The summed E-state index contributed by atoms with van der Waals surface area (Å²) in [6, 6.07) is 11.4. The van der Waals surface area contributed by atoms with Crippen LogP contribution >= 0.6 is 15.9 Å². The van der Waals surface area contributed by atoms with E-state index in [0.717, 1.165) is 11.3 Å². The third-order valence-electron chi connectivity index (χ3n) is 3.08. The van der Waals surface area contributed by atoms with Gasteiger partial charge in [-0.15, -0.1) is 0 Å². The Morgan fingerprint density at radius 2 is 1.90 bits per heavy atom. The number of ether oxygens (including phenoxy) is 1. The van der Waals surface area contributed by atoms with Gasteiger partial charge in [-0.1, -0.05) is 23.8 Å². The minimum Gasteiger partial charge on any atom is -0.467 e. The summed E-state index contributed by atoms with van der Waals surface area (Å²) < 4.78 is 18.8. The minimum absolute atomic E-state index is 0.352. The number of hydrogen-bond acceptors (Lipinski definition) is 3. The van der Waals surface area contributed by atoms with E-state index in [2.05, 4.69) is 21.2 Å². The van der Waals surface area contributed by atoms with Crippen LogP contribution in [0.3, 0.4) is 0 Å².